The van der Waals surface area contributed by atoms with E-state index in [0.717, 1.165) is 49.1 Å². The van der Waals surface area contributed by atoms with Crippen molar-refractivity contribution in [1.29, 1.82) is 0 Å². The van der Waals surface area contributed by atoms with E-state index in [1.165, 1.54) is 29.5 Å². The third kappa shape index (κ3) is 6.45. The van der Waals surface area contributed by atoms with Crippen molar-refractivity contribution >= 4 is 23.1 Å². The van der Waals surface area contributed by atoms with Crippen LogP contribution >= 0.6 is 11.3 Å². The van der Waals surface area contributed by atoms with Crippen LogP contribution in [-0.4, -0.2) is 53.3 Å². The maximum absolute atomic E-state index is 12.6. The van der Waals surface area contributed by atoms with Gasteiger partial charge in [-0.2, -0.15) is 0 Å². The number of nitrogens with one attached hydrogen (secondary N) is 1. The molecule has 1 aromatic carbocycles. The predicted octanol–water partition coefficient (Wildman–Crippen LogP) is 4.00. The zero-order valence-electron chi connectivity index (χ0n) is 18.5. The minimum absolute atomic E-state index is 0.0673. The molecule has 180 valence electrons. The molecular formula is C23H24F3N5O2S. The Morgan fingerprint density at radius 2 is 1.88 bits per heavy atom. The van der Waals surface area contributed by atoms with Gasteiger partial charge in [0.2, 0.25) is 0 Å². The van der Waals surface area contributed by atoms with Crippen LogP contribution in [0.15, 0.2) is 48.8 Å². The molecule has 3 heterocycles. The molecule has 7 nitrogen and oxygen atoms in total. The normalized spacial score (nSPS) is 14.8. The average molecular weight is 492 g/mol. The van der Waals surface area contributed by atoms with E-state index in [1.54, 1.807) is 24.5 Å². The Morgan fingerprint density at radius 3 is 2.62 bits per heavy atom. The van der Waals surface area contributed by atoms with Gasteiger partial charge in [0.25, 0.3) is 5.91 Å². The first-order valence-electron chi connectivity index (χ1n) is 10.7. The molecule has 1 fully saturated rings. The van der Waals surface area contributed by atoms with Crippen molar-refractivity contribution in [3.63, 3.8) is 0 Å². The van der Waals surface area contributed by atoms with Gasteiger partial charge in [0.05, 0.1) is 16.8 Å². The summed E-state index contributed by atoms with van der Waals surface area (Å²) in [6, 6.07) is 9.42. The number of carbonyl (C=O) groups excluding carboxylic acids is 1. The number of aryl methyl sites for hydroxylation is 1. The summed E-state index contributed by atoms with van der Waals surface area (Å²) in [5.74, 6) is 0.232. The van der Waals surface area contributed by atoms with E-state index in [4.69, 9.17) is 0 Å². The number of amides is 1. The lowest BCUT2D eigenvalue weighted by Gasteiger charge is -2.35. The number of hydrogen-bond acceptors (Lipinski definition) is 7. The number of nitrogens with zero attached hydrogens (tertiary/aromatic N) is 4. The Balaban J connectivity index is 1.28. The highest BCUT2D eigenvalue weighted by Gasteiger charge is 2.32. The number of ether oxygens (including phenoxy) is 1. The van der Waals surface area contributed by atoms with Gasteiger partial charge in [-0.15, -0.1) is 24.5 Å². The number of anilines is 1. The van der Waals surface area contributed by atoms with Crippen LogP contribution in [0.25, 0.3) is 0 Å². The van der Waals surface area contributed by atoms with E-state index < -0.39 is 6.36 Å². The topological polar surface area (TPSA) is 70.6 Å². The number of carbonyl (C=O) groups is 1. The number of thiophene rings is 1. The number of rotatable bonds is 7. The SMILES string of the molecule is Cc1cncc(N2CCN(Cc3ccc(C(=O)NCc4ccccc4OC(F)(F)F)s3)CC2)n1. The van der Waals surface area contributed by atoms with E-state index >= 15 is 0 Å². The highest BCUT2D eigenvalue weighted by molar-refractivity contribution is 7.14. The van der Waals surface area contributed by atoms with Crippen LogP contribution in [-0.2, 0) is 13.1 Å². The zero-order chi connectivity index (χ0) is 24.1. The van der Waals surface area contributed by atoms with Gasteiger partial charge in [-0.1, -0.05) is 18.2 Å². The molecule has 0 atom stereocenters. The standard InChI is InChI=1S/C23H24F3N5O2S/c1-16-12-27-14-21(29-16)31-10-8-30(9-11-31)15-18-6-7-20(34-18)22(32)28-13-17-4-2-3-5-19(17)33-23(24,25)26/h2-7,12,14H,8-11,13,15H2,1H3,(H,28,32). The molecule has 0 spiro atoms. The van der Waals surface area contributed by atoms with Crippen LogP contribution in [0.2, 0.25) is 0 Å². The first-order chi connectivity index (χ1) is 16.3. The molecule has 3 aromatic rings. The number of alkyl halides is 3. The molecule has 1 amide bonds. The minimum Gasteiger partial charge on any atom is -0.405 e. The molecule has 0 radical (unpaired) electrons. The van der Waals surface area contributed by atoms with Gasteiger partial charge in [0.1, 0.15) is 11.6 Å². The summed E-state index contributed by atoms with van der Waals surface area (Å²) in [6.07, 6.45) is -1.28. The second-order valence-electron chi connectivity index (χ2n) is 7.89. The molecule has 11 heteroatoms. The molecule has 2 aromatic heterocycles. The number of piperazine rings is 1. The highest BCUT2D eigenvalue weighted by Crippen LogP contribution is 2.26. The van der Waals surface area contributed by atoms with Crippen molar-refractivity contribution in [3.05, 3.63) is 69.8 Å². The molecular weight excluding hydrogens is 467 g/mol. The van der Waals surface area contributed by atoms with E-state index in [2.05, 4.69) is 29.8 Å². The largest absolute Gasteiger partial charge is 0.573 e. The maximum atomic E-state index is 12.6. The van der Waals surface area contributed by atoms with Gasteiger partial charge in [-0.3, -0.25) is 14.7 Å². The van der Waals surface area contributed by atoms with E-state index in [0.29, 0.717) is 4.88 Å². The van der Waals surface area contributed by atoms with Crippen molar-refractivity contribution in [3.8, 4) is 5.75 Å². The molecule has 1 N–H and O–H groups in total. The fourth-order valence-corrected chi connectivity index (χ4v) is 4.65. The van der Waals surface area contributed by atoms with Gasteiger partial charge < -0.3 is 15.0 Å². The Hall–Kier alpha value is -3.18. The lowest BCUT2D eigenvalue weighted by atomic mass is 10.2. The summed E-state index contributed by atoms with van der Waals surface area (Å²) in [5.41, 5.74) is 1.14. The minimum atomic E-state index is -4.79. The van der Waals surface area contributed by atoms with E-state index in [-0.39, 0.29) is 23.8 Å². The molecule has 1 saturated heterocycles. The highest BCUT2D eigenvalue weighted by atomic mass is 32.1. The van der Waals surface area contributed by atoms with Crippen molar-refractivity contribution in [2.45, 2.75) is 26.4 Å². The molecule has 0 unspecified atom stereocenters. The summed E-state index contributed by atoms with van der Waals surface area (Å²) in [4.78, 5) is 27.4. The Bertz CT molecular complexity index is 1130. The van der Waals surface area contributed by atoms with Crippen LogP contribution in [0.1, 0.15) is 25.8 Å². The summed E-state index contributed by atoms with van der Waals surface area (Å²) in [6.45, 7) is 6.00. The van der Waals surface area contributed by atoms with Gasteiger partial charge in [-0.05, 0) is 25.1 Å². The zero-order valence-corrected chi connectivity index (χ0v) is 19.3. The number of aromatic nitrogens is 2. The van der Waals surface area contributed by atoms with Crippen molar-refractivity contribution < 1.29 is 22.7 Å². The quantitative estimate of drug-likeness (QED) is 0.539. The first kappa shape index (κ1) is 24.0. The number of halogens is 3. The van der Waals surface area contributed by atoms with Crippen LogP contribution in [0.4, 0.5) is 19.0 Å². The van der Waals surface area contributed by atoms with E-state index in [9.17, 15) is 18.0 Å². The summed E-state index contributed by atoms with van der Waals surface area (Å²) in [7, 11) is 0. The van der Waals surface area contributed by atoms with Gasteiger partial charge in [0.15, 0.2) is 0 Å². The number of benzene rings is 1. The second kappa shape index (κ2) is 10.4. The molecule has 0 saturated carbocycles. The summed E-state index contributed by atoms with van der Waals surface area (Å²) >= 11 is 1.38. The molecule has 4 rings (SSSR count). The molecule has 0 bridgehead atoms. The monoisotopic (exact) mass is 491 g/mol. The second-order valence-corrected chi connectivity index (χ2v) is 9.05. The molecule has 0 aliphatic carbocycles. The van der Waals surface area contributed by atoms with Crippen LogP contribution in [0.5, 0.6) is 5.75 Å². The number of hydrogen-bond donors (Lipinski definition) is 1. The van der Waals surface area contributed by atoms with Crippen molar-refractivity contribution in [2.24, 2.45) is 0 Å². The average Bonchev–Trinajstić information content (AvgIpc) is 3.26. The Labute approximate surface area is 199 Å². The van der Waals surface area contributed by atoms with Crippen molar-refractivity contribution in [1.82, 2.24) is 20.2 Å². The van der Waals surface area contributed by atoms with Gasteiger partial charge in [0, 0.05) is 55.9 Å². The smallest absolute Gasteiger partial charge is 0.405 e. The van der Waals surface area contributed by atoms with Gasteiger partial charge in [-0.25, -0.2) is 4.98 Å². The third-order valence-corrected chi connectivity index (χ3v) is 6.41. The lowest BCUT2D eigenvalue weighted by Crippen LogP contribution is -2.46. The summed E-state index contributed by atoms with van der Waals surface area (Å²) in [5, 5.41) is 2.68. The van der Waals surface area contributed by atoms with Gasteiger partial charge >= 0.3 is 6.36 Å². The fourth-order valence-electron chi connectivity index (χ4n) is 3.68. The summed E-state index contributed by atoms with van der Waals surface area (Å²) < 4.78 is 41.8. The van der Waals surface area contributed by atoms with Crippen LogP contribution < -0.4 is 15.0 Å². The molecule has 34 heavy (non-hydrogen) atoms. The fraction of sp³-hybridized carbons (Fsp3) is 0.348. The van der Waals surface area contributed by atoms with Crippen LogP contribution in [0, 0.1) is 6.92 Å². The maximum Gasteiger partial charge on any atom is 0.573 e. The predicted molar refractivity (Wildman–Crippen MR) is 123 cm³/mol. The van der Waals surface area contributed by atoms with E-state index in [1.807, 2.05) is 13.0 Å². The lowest BCUT2D eigenvalue weighted by molar-refractivity contribution is -0.274. The number of para-hydroxylation sites is 1. The van der Waals surface area contributed by atoms with Crippen molar-refractivity contribution in [2.75, 3.05) is 31.1 Å². The molecule has 1 aliphatic rings. The Morgan fingerprint density at radius 1 is 1.12 bits per heavy atom. The van der Waals surface area contributed by atoms with Crippen LogP contribution in [0.3, 0.4) is 0 Å². The molecule has 1 aliphatic heterocycles. The third-order valence-electron chi connectivity index (χ3n) is 5.34. The Kier molecular flexibility index (Phi) is 7.32. The first-order valence-corrected chi connectivity index (χ1v) is 11.5.